The topological polar surface area (TPSA) is 21.3 Å². The SMILES string of the molecule is COc1ccc([C@@H](C)NCC=C(c2ccccc2)c2ccccc2)cc1. The molecule has 2 nitrogen and oxygen atoms in total. The number of ether oxygens (including phenoxy) is 1. The van der Waals surface area contributed by atoms with E-state index < -0.39 is 0 Å². The Balaban J connectivity index is 1.74. The van der Waals surface area contributed by atoms with Gasteiger partial charge in [0.2, 0.25) is 0 Å². The molecule has 1 N–H and O–H groups in total. The zero-order valence-corrected chi connectivity index (χ0v) is 15.4. The summed E-state index contributed by atoms with van der Waals surface area (Å²) in [5.41, 5.74) is 4.97. The third-order valence-corrected chi connectivity index (χ3v) is 4.52. The van der Waals surface area contributed by atoms with Crippen LogP contribution in [0.15, 0.2) is 91.0 Å². The van der Waals surface area contributed by atoms with Gasteiger partial charge in [0.15, 0.2) is 0 Å². The normalized spacial score (nSPS) is 11.6. The number of hydrogen-bond donors (Lipinski definition) is 1. The largest absolute Gasteiger partial charge is 0.497 e. The molecule has 0 heterocycles. The van der Waals surface area contributed by atoms with Crippen molar-refractivity contribution in [3.05, 3.63) is 108 Å². The maximum Gasteiger partial charge on any atom is 0.118 e. The van der Waals surface area contributed by atoms with Crippen LogP contribution < -0.4 is 10.1 Å². The Morgan fingerprint density at radius 1 is 0.846 bits per heavy atom. The van der Waals surface area contributed by atoms with E-state index in [9.17, 15) is 0 Å². The highest BCUT2D eigenvalue weighted by Gasteiger charge is 2.06. The van der Waals surface area contributed by atoms with Crippen molar-refractivity contribution in [1.82, 2.24) is 5.32 Å². The summed E-state index contributed by atoms with van der Waals surface area (Å²) in [7, 11) is 1.69. The van der Waals surface area contributed by atoms with Gasteiger partial charge in [-0.25, -0.2) is 0 Å². The fourth-order valence-corrected chi connectivity index (χ4v) is 2.99. The first kappa shape index (κ1) is 18.0. The Bertz CT molecular complexity index is 782. The van der Waals surface area contributed by atoms with Crippen LogP contribution in [0.25, 0.3) is 5.57 Å². The van der Waals surface area contributed by atoms with Crippen LogP contribution in [0.3, 0.4) is 0 Å². The van der Waals surface area contributed by atoms with Crippen molar-refractivity contribution in [2.45, 2.75) is 13.0 Å². The highest BCUT2D eigenvalue weighted by atomic mass is 16.5. The lowest BCUT2D eigenvalue weighted by Gasteiger charge is -2.15. The van der Waals surface area contributed by atoms with Crippen LogP contribution in [0.2, 0.25) is 0 Å². The maximum atomic E-state index is 5.23. The lowest BCUT2D eigenvalue weighted by Crippen LogP contribution is -2.18. The molecule has 0 aliphatic rings. The molecule has 0 aromatic heterocycles. The van der Waals surface area contributed by atoms with Crippen LogP contribution in [0.4, 0.5) is 0 Å². The minimum absolute atomic E-state index is 0.268. The van der Waals surface area contributed by atoms with E-state index in [1.165, 1.54) is 22.3 Å². The van der Waals surface area contributed by atoms with Crippen molar-refractivity contribution in [2.24, 2.45) is 0 Å². The van der Waals surface area contributed by atoms with Crippen LogP contribution in [0.5, 0.6) is 5.75 Å². The van der Waals surface area contributed by atoms with Gasteiger partial charge in [-0.05, 0) is 41.3 Å². The van der Waals surface area contributed by atoms with Crippen LogP contribution in [-0.2, 0) is 0 Å². The molecule has 132 valence electrons. The first-order valence-electron chi connectivity index (χ1n) is 8.96. The molecule has 0 amide bonds. The third kappa shape index (κ3) is 4.62. The van der Waals surface area contributed by atoms with E-state index in [0.29, 0.717) is 0 Å². The quantitative estimate of drug-likeness (QED) is 0.613. The van der Waals surface area contributed by atoms with Gasteiger partial charge in [0.25, 0.3) is 0 Å². The van der Waals surface area contributed by atoms with Crippen LogP contribution >= 0.6 is 0 Å². The molecule has 0 saturated carbocycles. The summed E-state index contributed by atoms with van der Waals surface area (Å²) >= 11 is 0. The fraction of sp³-hybridized carbons (Fsp3) is 0.167. The molecule has 0 aliphatic heterocycles. The zero-order valence-electron chi connectivity index (χ0n) is 15.4. The van der Waals surface area contributed by atoms with Gasteiger partial charge in [-0.15, -0.1) is 0 Å². The average molecular weight is 343 g/mol. The smallest absolute Gasteiger partial charge is 0.118 e. The Kier molecular flexibility index (Phi) is 6.24. The minimum atomic E-state index is 0.268. The molecule has 0 fully saturated rings. The van der Waals surface area contributed by atoms with E-state index in [1.807, 2.05) is 12.1 Å². The van der Waals surface area contributed by atoms with Gasteiger partial charge in [-0.3, -0.25) is 0 Å². The van der Waals surface area contributed by atoms with E-state index in [4.69, 9.17) is 4.74 Å². The zero-order chi connectivity index (χ0) is 18.2. The minimum Gasteiger partial charge on any atom is -0.497 e. The van der Waals surface area contributed by atoms with Crippen molar-refractivity contribution >= 4 is 5.57 Å². The number of hydrogen-bond acceptors (Lipinski definition) is 2. The average Bonchev–Trinajstić information content (AvgIpc) is 2.72. The van der Waals surface area contributed by atoms with Gasteiger partial charge in [0.1, 0.15) is 5.75 Å². The fourth-order valence-electron chi connectivity index (χ4n) is 2.99. The number of methoxy groups -OCH3 is 1. The van der Waals surface area contributed by atoms with Crippen molar-refractivity contribution in [3.63, 3.8) is 0 Å². The molecule has 3 aromatic carbocycles. The van der Waals surface area contributed by atoms with Crippen LogP contribution in [0.1, 0.15) is 29.7 Å². The van der Waals surface area contributed by atoms with Gasteiger partial charge >= 0.3 is 0 Å². The Morgan fingerprint density at radius 3 is 1.88 bits per heavy atom. The summed E-state index contributed by atoms with van der Waals surface area (Å²) in [6, 6.07) is 29.6. The lowest BCUT2D eigenvalue weighted by atomic mass is 9.97. The monoisotopic (exact) mass is 343 g/mol. The molecular weight excluding hydrogens is 318 g/mol. The molecule has 0 saturated heterocycles. The van der Waals surface area contributed by atoms with Gasteiger partial charge in [0.05, 0.1) is 7.11 Å². The second-order valence-corrected chi connectivity index (χ2v) is 6.25. The molecule has 0 bridgehead atoms. The summed E-state index contributed by atoms with van der Waals surface area (Å²) < 4.78 is 5.23. The van der Waals surface area contributed by atoms with Crippen molar-refractivity contribution in [1.29, 1.82) is 0 Å². The van der Waals surface area contributed by atoms with E-state index in [-0.39, 0.29) is 6.04 Å². The number of rotatable bonds is 7. The van der Waals surface area contributed by atoms with Crippen molar-refractivity contribution in [3.8, 4) is 5.75 Å². The summed E-state index contributed by atoms with van der Waals surface area (Å²) in [6.45, 7) is 2.98. The molecule has 3 rings (SSSR count). The first-order valence-corrected chi connectivity index (χ1v) is 8.96. The molecule has 2 heteroatoms. The Morgan fingerprint density at radius 2 is 1.38 bits per heavy atom. The molecule has 0 unspecified atom stereocenters. The highest BCUT2D eigenvalue weighted by molar-refractivity contribution is 5.79. The second kappa shape index (κ2) is 9.02. The standard InChI is InChI=1S/C24H25NO/c1-19(20-13-15-23(26-2)16-14-20)25-18-17-24(21-9-5-3-6-10-21)22-11-7-4-8-12-22/h3-17,19,25H,18H2,1-2H3/t19-/m1/s1. The first-order chi connectivity index (χ1) is 12.8. The molecular formula is C24H25NO. The maximum absolute atomic E-state index is 5.23. The molecule has 0 spiro atoms. The number of benzene rings is 3. The third-order valence-electron chi connectivity index (χ3n) is 4.52. The predicted molar refractivity (Wildman–Crippen MR) is 109 cm³/mol. The Labute approximate surface area is 156 Å². The number of nitrogens with one attached hydrogen (secondary N) is 1. The second-order valence-electron chi connectivity index (χ2n) is 6.25. The summed E-state index contributed by atoms with van der Waals surface area (Å²) in [5.74, 6) is 0.885. The van der Waals surface area contributed by atoms with Crippen molar-refractivity contribution < 1.29 is 4.74 Å². The van der Waals surface area contributed by atoms with Gasteiger partial charge in [0, 0.05) is 12.6 Å². The molecule has 3 aromatic rings. The molecule has 0 radical (unpaired) electrons. The summed E-state index contributed by atoms with van der Waals surface area (Å²) in [5, 5.41) is 3.59. The summed E-state index contributed by atoms with van der Waals surface area (Å²) in [6.07, 6.45) is 2.27. The van der Waals surface area contributed by atoms with Crippen LogP contribution in [-0.4, -0.2) is 13.7 Å². The van der Waals surface area contributed by atoms with E-state index in [1.54, 1.807) is 7.11 Å². The molecule has 26 heavy (non-hydrogen) atoms. The van der Waals surface area contributed by atoms with E-state index >= 15 is 0 Å². The van der Waals surface area contributed by atoms with E-state index in [2.05, 4.69) is 91.1 Å². The van der Waals surface area contributed by atoms with Gasteiger partial charge in [-0.2, -0.15) is 0 Å². The molecule has 0 aliphatic carbocycles. The van der Waals surface area contributed by atoms with Crippen LogP contribution in [0, 0.1) is 0 Å². The highest BCUT2D eigenvalue weighted by Crippen LogP contribution is 2.23. The predicted octanol–water partition coefficient (Wildman–Crippen LogP) is 5.48. The molecule has 1 atom stereocenters. The van der Waals surface area contributed by atoms with Gasteiger partial charge < -0.3 is 10.1 Å². The van der Waals surface area contributed by atoms with Crippen molar-refractivity contribution in [2.75, 3.05) is 13.7 Å². The lowest BCUT2D eigenvalue weighted by molar-refractivity contribution is 0.414. The van der Waals surface area contributed by atoms with Gasteiger partial charge in [-0.1, -0.05) is 78.9 Å². The Hall–Kier alpha value is -2.84. The summed E-state index contributed by atoms with van der Waals surface area (Å²) in [4.78, 5) is 0. The van der Waals surface area contributed by atoms with E-state index in [0.717, 1.165) is 12.3 Å².